The summed E-state index contributed by atoms with van der Waals surface area (Å²) in [7, 11) is 0. The molecule has 5 nitrogen and oxygen atoms in total. The quantitative estimate of drug-likeness (QED) is 0.883. The van der Waals surface area contributed by atoms with Gasteiger partial charge in [0.25, 0.3) is 0 Å². The summed E-state index contributed by atoms with van der Waals surface area (Å²) in [5.74, 6) is 1.61. The Bertz CT molecular complexity index is 474. The van der Waals surface area contributed by atoms with Gasteiger partial charge < -0.3 is 16.0 Å². The first-order valence-electron chi connectivity index (χ1n) is 6.91. The SMILES string of the molecule is Cc1nc(N)nc(NCC2CCN(C3CC3)C2)c1Cl. The highest BCUT2D eigenvalue weighted by Gasteiger charge is 2.34. The summed E-state index contributed by atoms with van der Waals surface area (Å²) < 4.78 is 0. The molecule has 1 aromatic heterocycles. The van der Waals surface area contributed by atoms with E-state index in [1.54, 1.807) is 0 Å². The first kappa shape index (κ1) is 12.9. The number of rotatable bonds is 4. The van der Waals surface area contributed by atoms with E-state index in [2.05, 4.69) is 20.2 Å². The second kappa shape index (κ2) is 5.13. The van der Waals surface area contributed by atoms with E-state index < -0.39 is 0 Å². The number of hydrogen-bond acceptors (Lipinski definition) is 5. The molecule has 3 N–H and O–H groups in total. The van der Waals surface area contributed by atoms with Gasteiger partial charge >= 0.3 is 0 Å². The number of nitrogens with zero attached hydrogens (tertiary/aromatic N) is 3. The number of nitrogen functional groups attached to an aromatic ring is 1. The Balaban J connectivity index is 1.57. The van der Waals surface area contributed by atoms with E-state index in [4.69, 9.17) is 17.3 Å². The van der Waals surface area contributed by atoms with Crippen LogP contribution in [0.3, 0.4) is 0 Å². The second-order valence-electron chi connectivity index (χ2n) is 5.59. The van der Waals surface area contributed by atoms with Gasteiger partial charge in [-0.1, -0.05) is 11.6 Å². The zero-order valence-corrected chi connectivity index (χ0v) is 12.0. The topological polar surface area (TPSA) is 67.1 Å². The van der Waals surface area contributed by atoms with Gasteiger partial charge in [-0.05, 0) is 38.6 Å². The number of likely N-dealkylation sites (tertiary alicyclic amines) is 1. The molecule has 3 rings (SSSR count). The van der Waals surface area contributed by atoms with E-state index in [0.717, 1.165) is 18.3 Å². The monoisotopic (exact) mass is 281 g/mol. The van der Waals surface area contributed by atoms with E-state index in [9.17, 15) is 0 Å². The lowest BCUT2D eigenvalue weighted by atomic mass is 10.1. The zero-order chi connectivity index (χ0) is 13.4. The van der Waals surface area contributed by atoms with E-state index >= 15 is 0 Å². The van der Waals surface area contributed by atoms with Crippen molar-refractivity contribution < 1.29 is 0 Å². The molecule has 0 radical (unpaired) electrons. The van der Waals surface area contributed by atoms with Crippen molar-refractivity contribution in [1.82, 2.24) is 14.9 Å². The third-order valence-electron chi connectivity index (χ3n) is 3.97. The largest absolute Gasteiger partial charge is 0.368 e. The van der Waals surface area contributed by atoms with Crippen LogP contribution in [0, 0.1) is 12.8 Å². The fourth-order valence-electron chi connectivity index (χ4n) is 2.74. The van der Waals surface area contributed by atoms with Crippen molar-refractivity contribution in [3.8, 4) is 0 Å². The highest BCUT2D eigenvalue weighted by molar-refractivity contribution is 6.33. The van der Waals surface area contributed by atoms with Gasteiger partial charge in [0.15, 0.2) is 5.82 Å². The van der Waals surface area contributed by atoms with Gasteiger partial charge in [0.2, 0.25) is 5.95 Å². The third-order valence-corrected chi connectivity index (χ3v) is 4.43. The van der Waals surface area contributed by atoms with Crippen molar-refractivity contribution in [2.75, 3.05) is 30.7 Å². The molecular weight excluding hydrogens is 262 g/mol. The third kappa shape index (κ3) is 2.92. The summed E-state index contributed by atoms with van der Waals surface area (Å²) in [5, 5.41) is 3.90. The molecule has 1 atom stereocenters. The number of halogens is 1. The summed E-state index contributed by atoms with van der Waals surface area (Å²) >= 11 is 6.19. The van der Waals surface area contributed by atoms with Gasteiger partial charge in [-0.15, -0.1) is 0 Å². The minimum Gasteiger partial charge on any atom is -0.368 e. The van der Waals surface area contributed by atoms with Crippen molar-refractivity contribution in [2.24, 2.45) is 5.92 Å². The van der Waals surface area contributed by atoms with E-state index in [0.29, 0.717) is 16.8 Å². The van der Waals surface area contributed by atoms with Crippen LogP contribution >= 0.6 is 11.6 Å². The average molecular weight is 282 g/mol. The molecule has 1 unspecified atom stereocenters. The lowest BCUT2D eigenvalue weighted by Gasteiger charge is -2.16. The summed E-state index contributed by atoms with van der Waals surface area (Å²) in [6.07, 6.45) is 4.02. The highest BCUT2D eigenvalue weighted by Crippen LogP contribution is 2.32. The lowest BCUT2D eigenvalue weighted by molar-refractivity contribution is 0.316. The van der Waals surface area contributed by atoms with Crippen LogP contribution in [0.25, 0.3) is 0 Å². The van der Waals surface area contributed by atoms with E-state index in [1.807, 2.05) is 6.92 Å². The molecule has 1 aliphatic carbocycles. The van der Waals surface area contributed by atoms with Crippen LogP contribution < -0.4 is 11.1 Å². The van der Waals surface area contributed by atoms with Crippen LogP contribution in [-0.4, -0.2) is 40.5 Å². The van der Waals surface area contributed by atoms with E-state index in [1.165, 1.54) is 32.4 Å². The number of nitrogens with one attached hydrogen (secondary N) is 1. The highest BCUT2D eigenvalue weighted by atomic mass is 35.5. The molecule has 19 heavy (non-hydrogen) atoms. The van der Waals surface area contributed by atoms with Crippen molar-refractivity contribution in [2.45, 2.75) is 32.2 Å². The molecule has 104 valence electrons. The summed E-state index contributed by atoms with van der Waals surface area (Å²) in [6.45, 7) is 5.17. The standard InChI is InChI=1S/C13H20ClN5/c1-8-11(14)12(18-13(15)17-8)16-6-9-4-5-19(7-9)10-2-3-10/h9-10H,2-7H2,1H3,(H3,15,16,17,18). The molecule has 1 saturated heterocycles. The number of aromatic nitrogens is 2. The molecule has 1 aliphatic heterocycles. The maximum atomic E-state index is 6.19. The van der Waals surface area contributed by atoms with Gasteiger partial charge in [-0.3, -0.25) is 0 Å². The number of anilines is 2. The Morgan fingerprint density at radius 2 is 2.16 bits per heavy atom. The smallest absolute Gasteiger partial charge is 0.222 e. The van der Waals surface area contributed by atoms with Crippen LogP contribution in [0.15, 0.2) is 0 Å². The molecule has 0 amide bonds. The van der Waals surface area contributed by atoms with Crippen molar-refractivity contribution >= 4 is 23.4 Å². The van der Waals surface area contributed by atoms with Crippen LogP contribution in [0.5, 0.6) is 0 Å². The van der Waals surface area contributed by atoms with Crippen molar-refractivity contribution in [3.05, 3.63) is 10.7 Å². The Labute approximate surface area is 118 Å². The number of hydrogen-bond donors (Lipinski definition) is 2. The maximum Gasteiger partial charge on any atom is 0.222 e. The minimum absolute atomic E-state index is 0.274. The lowest BCUT2D eigenvalue weighted by Crippen LogP contribution is -2.25. The number of nitrogens with two attached hydrogens (primary N) is 1. The Kier molecular flexibility index (Phi) is 3.50. The number of aryl methyl sites for hydroxylation is 1. The fourth-order valence-corrected chi connectivity index (χ4v) is 2.89. The van der Waals surface area contributed by atoms with Gasteiger partial charge in [0.05, 0.1) is 5.69 Å². The predicted molar refractivity (Wildman–Crippen MR) is 77.4 cm³/mol. The van der Waals surface area contributed by atoms with Gasteiger partial charge in [0.1, 0.15) is 5.02 Å². The zero-order valence-electron chi connectivity index (χ0n) is 11.2. The van der Waals surface area contributed by atoms with Crippen LogP contribution in [0.2, 0.25) is 5.02 Å². The molecule has 1 saturated carbocycles. The molecule has 0 aromatic carbocycles. The average Bonchev–Trinajstić information content (AvgIpc) is 3.12. The first-order valence-corrected chi connectivity index (χ1v) is 7.29. The minimum atomic E-state index is 0.274. The molecule has 0 spiro atoms. The molecule has 2 aliphatic rings. The van der Waals surface area contributed by atoms with Gasteiger partial charge in [-0.2, -0.15) is 4.98 Å². The molecule has 2 fully saturated rings. The van der Waals surface area contributed by atoms with Crippen molar-refractivity contribution in [3.63, 3.8) is 0 Å². The van der Waals surface area contributed by atoms with Crippen molar-refractivity contribution in [1.29, 1.82) is 0 Å². The van der Waals surface area contributed by atoms with Gasteiger partial charge in [0, 0.05) is 19.1 Å². The van der Waals surface area contributed by atoms with Gasteiger partial charge in [-0.25, -0.2) is 4.98 Å². The molecule has 2 heterocycles. The Hall–Kier alpha value is -1.07. The Morgan fingerprint density at radius 1 is 1.37 bits per heavy atom. The van der Waals surface area contributed by atoms with E-state index in [-0.39, 0.29) is 5.95 Å². The second-order valence-corrected chi connectivity index (χ2v) is 5.97. The molecule has 6 heteroatoms. The predicted octanol–water partition coefficient (Wildman–Crippen LogP) is 1.92. The summed E-state index contributed by atoms with van der Waals surface area (Å²) in [4.78, 5) is 10.8. The molecule has 1 aromatic rings. The Morgan fingerprint density at radius 3 is 2.89 bits per heavy atom. The summed E-state index contributed by atoms with van der Waals surface area (Å²) in [6, 6.07) is 0.866. The van der Waals surface area contributed by atoms with Crippen LogP contribution in [-0.2, 0) is 0 Å². The van der Waals surface area contributed by atoms with Crippen LogP contribution in [0.1, 0.15) is 25.0 Å². The molecular formula is C13H20ClN5. The fraction of sp³-hybridized carbons (Fsp3) is 0.692. The summed E-state index contributed by atoms with van der Waals surface area (Å²) in [5.41, 5.74) is 6.38. The normalized spacial score (nSPS) is 23.8. The van der Waals surface area contributed by atoms with Crippen LogP contribution in [0.4, 0.5) is 11.8 Å². The molecule has 0 bridgehead atoms. The maximum absolute atomic E-state index is 6.19. The first-order chi connectivity index (χ1) is 9.13.